The molecule has 125 valence electrons. The first-order chi connectivity index (χ1) is 10.3. The number of hydrogen-bond acceptors (Lipinski definition) is 2. The van der Waals surface area contributed by atoms with Crippen LogP contribution >= 0.6 is 0 Å². The van der Waals surface area contributed by atoms with Crippen molar-refractivity contribution in [3.8, 4) is 0 Å². The maximum Gasteiger partial charge on any atom is 0.303 e. The molecule has 3 nitrogen and oxygen atoms in total. The Morgan fingerprint density at radius 2 is 1.10 bits per heavy atom. The van der Waals surface area contributed by atoms with Crippen LogP contribution in [0.2, 0.25) is 0 Å². The minimum absolute atomic E-state index is 0.329. The minimum atomic E-state index is -0.667. The highest BCUT2D eigenvalue weighted by molar-refractivity contribution is 5.66. The normalized spacial score (nSPS) is 10.9. The van der Waals surface area contributed by atoms with Gasteiger partial charge in [-0.2, -0.15) is 0 Å². The molecule has 0 aromatic rings. The Labute approximate surface area is 131 Å². The molecule has 0 rings (SSSR count). The van der Waals surface area contributed by atoms with Crippen molar-refractivity contribution in [3.05, 3.63) is 6.42 Å². The van der Waals surface area contributed by atoms with E-state index in [1.807, 2.05) is 0 Å². The predicted octanol–water partition coefficient (Wildman–Crippen LogP) is 5.12. The highest BCUT2D eigenvalue weighted by atomic mass is 16.4. The monoisotopic (exact) mass is 299 g/mol. The molecule has 0 spiro atoms. The van der Waals surface area contributed by atoms with Crippen LogP contribution in [0.25, 0.3) is 0 Å². The third kappa shape index (κ3) is 19.4. The van der Waals surface area contributed by atoms with Gasteiger partial charge in [0.2, 0.25) is 0 Å². The van der Waals surface area contributed by atoms with Gasteiger partial charge in [0.1, 0.15) is 0 Å². The standard InChI is InChI=1S/C18H35O3/c19-17-15-13-11-9-7-5-3-1-2-4-6-8-10-12-14-16-18(20)21/h5,19H,1-4,6-17H2,(H,20,21). The van der Waals surface area contributed by atoms with Crippen LogP contribution in [0.4, 0.5) is 0 Å². The van der Waals surface area contributed by atoms with Gasteiger partial charge >= 0.3 is 5.97 Å². The van der Waals surface area contributed by atoms with Gasteiger partial charge in [-0.3, -0.25) is 4.79 Å². The molecule has 0 atom stereocenters. The SMILES string of the molecule is O=C(O)CCCCCCCCCC[CH]CCCCCCO. The highest BCUT2D eigenvalue weighted by Crippen LogP contribution is 2.13. The molecule has 0 aromatic heterocycles. The summed E-state index contributed by atoms with van der Waals surface area (Å²) in [5.74, 6) is -0.667. The molecule has 1 radical (unpaired) electrons. The van der Waals surface area contributed by atoms with E-state index in [9.17, 15) is 4.79 Å². The van der Waals surface area contributed by atoms with Gasteiger partial charge < -0.3 is 10.2 Å². The lowest BCUT2D eigenvalue weighted by atomic mass is 10.0. The summed E-state index contributed by atoms with van der Waals surface area (Å²) in [6.45, 7) is 0.337. The van der Waals surface area contributed by atoms with Gasteiger partial charge in [-0.15, -0.1) is 0 Å². The van der Waals surface area contributed by atoms with E-state index in [0.717, 1.165) is 25.7 Å². The summed E-state index contributed by atoms with van der Waals surface area (Å²) in [7, 11) is 0. The molecule has 0 unspecified atom stereocenters. The lowest BCUT2D eigenvalue weighted by Crippen LogP contribution is -1.93. The van der Waals surface area contributed by atoms with E-state index < -0.39 is 5.97 Å². The molecule has 0 amide bonds. The van der Waals surface area contributed by atoms with Crippen LogP contribution in [-0.2, 0) is 4.79 Å². The Hall–Kier alpha value is -0.570. The van der Waals surface area contributed by atoms with Gasteiger partial charge in [-0.05, 0) is 19.3 Å². The van der Waals surface area contributed by atoms with Crippen LogP contribution in [0.3, 0.4) is 0 Å². The van der Waals surface area contributed by atoms with E-state index >= 15 is 0 Å². The van der Waals surface area contributed by atoms with Gasteiger partial charge in [0.25, 0.3) is 0 Å². The minimum Gasteiger partial charge on any atom is -0.481 e. The van der Waals surface area contributed by atoms with Crippen LogP contribution in [0, 0.1) is 6.42 Å². The Kier molecular flexibility index (Phi) is 17.0. The maximum atomic E-state index is 10.3. The van der Waals surface area contributed by atoms with Crippen molar-refractivity contribution < 1.29 is 15.0 Å². The summed E-state index contributed by atoms with van der Waals surface area (Å²) in [6.07, 6.45) is 19.5. The van der Waals surface area contributed by atoms with Crippen molar-refractivity contribution >= 4 is 5.97 Å². The zero-order valence-electron chi connectivity index (χ0n) is 13.7. The fourth-order valence-corrected chi connectivity index (χ4v) is 2.52. The Balaban J connectivity index is 2.95. The van der Waals surface area contributed by atoms with Gasteiger partial charge in [-0.25, -0.2) is 0 Å². The van der Waals surface area contributed by atoms with Crippen LogP contribution in [0.15, 0.2) is 0 Å². The van der Waals surface area contributed by atoms with Crippen molar-refractivity contribution in [1.82, 2.24) is 0 Å². The zero-order chi connectivity index (χ0) is 15.6. The highest BCUT2D eigenvalue weighted by Gasteiger charge is 1.97. The molecule has 0 heterocycles. The summed E-state index contributed by atoms with van der Waals surface area (Å²) in [5.41, 5.74) is 0. The number of rotatable bonds is 17. The van der Waals surface area contributed by atoms with Crippen molar-refractivity contribution in [2.75, 3.05) is 6.61 Å². The molecular formula is C18H35O3. The first-order valence-electron chi connectivity index (χ1n) is 8.91. The summed E-state index contributed by atoms with van der Waals surface area (Å²) < 4.78 is 0. The van der Waals surface area contributed by atoms with Gasteiger partial charge in [0.05, 0.1) is 0 Å². The fraction of sp³-hybridized carbons (Fsp3) is 0.889. The zero-order valence-corrected chi connectivity index (χ0v) is 13.7. The van der Waals surface area contributed by atoms with Crippen LogP contribution < -0.4 is 0 Å². The van der Waals surface area contributed by atoms with Crippen molar-refractivity contribution in [1.29, 1.82) is 0 Å². The summed E-state index contributed by atoms with van der Waals surface area (Å²) in [4.78, 5) is 10.3. The van der Waals surface area contributed by atoms with Gasteiger partial charge in [-0.1, -0.05) is 77.0 Å². The van der Waals surface area contributed by atoms with E-state index in [4.69, 9.17) is 10.2 Å². The van der Waals surface area contributed by atoms with Gasteiger partial charge in [0.15, 0.2) is 0 Å². The molecule has 0 fully saturated rings. The average Bonchev–Trinajstić information content (AvgIpc) is 2.46. The molecule has 0 saturated heterocycles. The molecule has 0 aliphatic rings. The van der Waals surface area contributed by atoms with E-state index in [2.05, 4.69) is 6.42 Å². The second kappa shape index (κ2) is 17.5. The average molecular weight is 299 g/mol. The van der Waals surface area contributed by atoms with Crippen molar-refractivity contribution in [2.45, 2.75) is 96.3 Å². The van der Waals surface area contributed by atoms with Crippen LogP contribution in [0.5, 0.6) is 0 Å². The first-order valence-corrected chi connectivity index (χ1v) is 8.91. The number of aliphatic hydroxyl groups excluding tert-OH is 1. The lowest BCUT2D eigenvalue weighted by molar-refractivity contribution is -0.137. The summed E-state index contributed by atoms with van der Waals surface area (Å²) >= 11 is 0. The number of carboxylic acids is 1. The van der Waals surface area contributed by atoms with Crippen molar-refractivity contribution in [3.63, 3.8) is 0 Å². The molecule has 0 aromatic carbocycles. The van der Waals surface area contributed by atoms with Crippen molar-refractivity contribution in [2.24, 2.45) is 0 Å². The number of aliphatic hydroxyl groups is 1. The third-order valence-corrected chi connectivity index (χ3v) is 3.87. The lowest BCUT2D eigenvalue weighted by Gasteiger charge is -2.03. The molecule has 0 aliphatic heterocycles. The van der Waals surface area contributed by atoms with Crippen LogP contribution in [-0.4, -0.2) is 22.8 Å². The van der Waals surface area contributed by atoms with Crippen LogP contribution in [0.1, 0.15) is 96.3 Å². The van der Waals surface area contributed by atoms with Gasteiger partial charge in [0, 0.05) is 13.0 Å². The summed E-state index contributed by atoms with van der Waals surface area (Å²) in [6, 6.07) is 0. The molecule has 2 N–H and O–H groups in total. The smallest absolute Gasteiger partial charge is 0.303 e. The molecule has 21 heavy (non-hydrogen) atoms. The Morgan fingerprint density at radius 3 is 1.57 bits per heavy atom. The first kappa shape index (κ1) is 20.4. The second-order valence-electron chi connectivity index (χ2n) is 5.98. The number of carbonyl (C=O) groups is 1. The Morgan fingerprint density at radius 1 is 0.667 bits per heavy atom. The number of hydrogen-bond donors (Lipinski definition) is 2. The number of unbranched alkanes of at least 4 members (excludes halogenated alkanes) is 14. The fourth-order valence-electron chi connectivity index (χ4n) is 2.52. The quantitative estimate of drug-likeness (QED) is 0.366. The molecular weight excluding hydrogens is 264 g/mol. The van der Waals surface area contributed by atoms with E-state index in [1.165, 1.54) is 64.2 Å². The molecule has 0 bridgehead atoms. The Bertz CT molecular complexity index is 217. The number of aliphatic carboxylic acids is 1. The number of carboxylic acid groups (broad SMARTS) is 1. The van der Waals surface area contributed by atoms with E-state index in [1.54, 1.807) is 0 Å². The largest absolute Gasteiger partial charge is 0.481 e. The molecule has 3 heteroatoms. The molecule has 0 saturated carbocycles. The van der Waals surface area contributed by atoms with E-state index in [0.29, 0.717) is 13.0 Å². The maximum absolute atomic E-state index is 10.3. The predicted molar refractivity (Wildman–Crippen MR) is 88.3 cm³/mol. The topological polar surface area (TPSA) is 57.5 Å². The summed E-state index contributed by atoms with van der Waals surface area (Å²) in [5, 5.41) is 17.2. The third-order valence-electron chi connectivity index (χ3n) is 3.87. The second-order valence-corrected chi connectivity index (χ2v) is 5.98. The van der Waals surface area contributed by atoms with E-state index in [-0.39, 0.29) is 0 Å². The molecule has 0 aliphatic carbocycles.